The van der Waals surface area contributed by atoms with E-state index in [1.807, 2.05) is 0 Å². The Kier molecular flexibility index (Phi) is 3.17. The topological polar surface area (TPSA) is 15.3 Å². The maximum Gasteiger partial charge on any atom is 0.0237 e. The highest BCUT2D eigenvalue weighted by atomic mass is 15.2. The first-order valence-corrected chi connectivity index (χ1v) is 6.86. The van der Waals surface area contributed by atoms with E-state index in [0.29, 0.717) is 6.04 Å². The van der Waals surface area contributed by atoms with E-state index >= 15 is 0 Å². The Bertz CT molecular complexity index is 384. The van der Waals surface area contributed by atoms with Gasteiger partial charge in [-0.05, 0) is 36.8 Å². The summed E-state index contributed by atoms with van der Waals surface area (Å²) in [6.07, 6.45) is 2.80. The molecule has 3 rings (SSSR count). The van der Waals surface area contributed by atoms with E-state index in [1.165, 1.54) is 25.9 Å². The first kappa shape index (κ1) is 11.2. The summed E-state index contributed by atoms with van der Waals surface area (Å²) < 4.78 is 0. The molecule has 2 fully saturated rings. The zero-order chi connectivity index (χ0) is 11.7. The second-order valence-electron chi connectivity index (χ2n) is 5.56. The Balaban J connectivity index is 1.71. The molecule has 17 heavy (non-hydrogen) atoms. The Morgan fingerprint density at radius 1 is 1.29 bits per heavy atom. The lowest BCUT2D eigenvalue weighted by molar-refractivity contribution is 0.199. The van der Waals surface area contributed by atoms with Gasteiger partial charge in [0.05, 0.1) is 0 Å². The molecule has 2 nitrogen and oxygen atoms in total. The number of hydrogen-bond donors (Lipinski definition) is 1. The van der Waals surface area contributed by atoms with Crippen molar-refractivity contribution in [2.75, 3.05) is 19.6 Å². The quantitative estimate of drug-likeness (QED) is 0.857. The molecule has 1 aromatic carbocycles. The number of hydrogen-bond acceptors (Lipinski definition) is 2. The smallest absolute Gasteiger partial charge is 0.0237 e. The average molecular weight is 230 g/mol. The Morgan fingerprint density at radius 3 is 2.88 bits per heavy atom. The van der Waals surface area contributed by atoms with Crippen molar-refractivity contribution in [2.24, 2.45) is 0 Å². The van der Waals surface area contributed by atoms with Crippen LogP contribution < -0.4 is 5.32 Å². The first-order valence-electron chi connectivity index (χ1n) is 6.86. The van der Waals surface area contributed by atoms with Crippen LogP contribution in [0.25, 0.3) is 0 Å². The van der Waals surface area contributed by atoms with Crippen molar-refractivity contribution in [3.63, 3.8) is 0 Å². The van der Waals surface area contributed by atoms with Crippen LogP contribution >= 0.6 is 0 Å². The lowest BCUT2D eigenvalue weighted by Gasteiger charge is -2.32. The van der Waals surface area contributed by atoms with Gasteiger partial charge in [-0.3, -0.25) is 4.90 Å². The van der Waals surface area contributed by atoms with Crippen LogP contribution in [-0.2, 0) is 6.54 Å². The summed E-state index contributed by atoms with van der Waals surface area (Å²) in [4.78, 5) is 2.59. The fourth-order valence-electron chi connectivity index (χ4n) is 2.87. The van der Waals surface area contributed by atoms with Crippen molar-refractivity contribution in [3.05, 3.63) is 35.4 Å². The van der Waals surface area contributed by atoms with Gasteiger partial charge in [0.15, 0.2) is 0 Å². The van der Waals surface area contributed by atoms with Crippen molar-refractivity contribution in [1.82, 2.24) is 10.2 Å². The second-order valence-corrected chi connectivity index (χ2v) is 5.56. The lowest BCUT2D eigenvalue weighted by atomic mass is 10.0. The molecule has 1 aliphatic carbocycles. The fraction of sp³-hybridized carbons (Fsp3) is 0.600. The minimum atomic E-state index is 0.636. The summed E-state index contributed by atoms with van der Waals surface area (Å²) in [6.45, 7) is 6.91. The Hall–Kier alpha value is -0.860. The predicted octanol–water partition coefficient (Wildman–Crippen LogP) is 2.36. The molecular weight excluding hydrogens is 208 g/mol. The molecule has 92 valence electrons. The van der Waals surface area contributed by atoms with Gasteiger partial charge in [0.1, 0.15) is 0 Å². The summed E-state index contributed by atoms with van der Waals surface area (Å²) in [6, 6.07) is 9.67. The molecule has 1 aliphatic heterocycles. The third-order valence-corrected chi connectivity index (χ3v) is 3.92. The summed E-state index contributed by atoms with van der Waals surface area (Å²) in [5.41, 5.74) is 3.17. The highest BCUT2D eigenvalue weighted by molar-refractivity contribution is 5.33. The number of nitrogens with zero attached hydrogens (tertiary/aromatic N) is 1. The Morgan fingerprint density at radius 2 is 2.12 bits per heavy atom. The minimum absolute atomic E-state index is 0.636. The van der Waals surface area contributed by atoms with E-state index in [0.717, 1.165) is 19.0 Å². The van der Waals surface area contributed by atoms with Crippen molar-refractivity contribution >= 4 is 0 Å². The molecule has 0 aromatic heterocycles. The molecule has 0 amide bonds. The molecule has 1 heterocycles. The molecule has 1 saturated carbocycles. The lowest BCUT2D eigenvalue weighted by Crippen LogP contribution is -2.48. The van der Waals surface area contributed by atoms with Crippen LogP contribution in [0.4, 0.5) is 0 Å². The molecular formula is C15H22N2. The van der Waals surface area contributed by atoms with E-state index in [-0.39, 0.29) is 0 Å². The first-order chi connectivity index (χ1) is 8.33. The number of benzene rings is 1. The maximum atomic E-state index is 3.51. The van der Waals surface area contributed by atoms with Crippen LogP contribution in [-0.4, -0.2) is 30.6 Å². The fourth-order valence-corrected chi connectivity index (χ4v) is 2.87. The summed E-state index contributed by atoms with van der Waals surface area (Å²) in [5, 5.41) is 3.51. The van der Waals surface area contributed by atoms with Crippen molar-refractivity contribution in [1.29, 1.82) is 0 Å². The van der Waals surface area contributed by atoms with Gasteiger partial charge in [-0.15, -0.1) is 0 Å². The largest absolute Gasteiger partial charge is 0.312 e. The highest BCUT2D eigenvalue weighted by Crippen LogP contribution is 2.41. The van der Waals surface area contributed by atoms with Gasteiger partial charge in [-0.25, -0.2) is 0 Å². The van der Waals surface area contributed by atoms with E-state index in [2.05, 4.69) is 41.4 Å². The zero-order valence-electron chi connectivity index (χ0n) is 10.7. The molecule has 2 heteroatoms. The van der Waals surface area contributed by atoms with E-state index < -0.39 is 0 Å². The van der Waals surface area contributed by atoms with Gasteiger partial charge in [-0.1, -0.05) is 24.3 Å². The molecule has 1 unspecified atom stereocenters. The number of rotatable bonds is 3. The molecule has 1 atom stereocenters. The van der Waals surface area contributed by atoms with Crippen LogP contribution in [0, 0.1) is 0 Å². The monoisotopic (exact) mass is 230 g/mol. The van der Waals surface area contributed by atoms with Crippen LogP contribution in [0.5, 0.6) is 0 Å². The SMILES string of the molecule is CC1CN(Cc2ccccc2C2CC2)CCN1. The van der Waals surface area contributed by atoms with Gasteiger partial charge < -0.3 is 5.32 Å². The molecule has 0 spiro atoms. The minimum Gasteiger partial charge on any atom is -0.312 e. The Labute approximate surface area is 104 Å². The van der Waals surface area contributed by atoms with Gasteiger partial charge in [0.2, 0.25) is 0 Å². The molecule has 1 aromatic rings. The number of piperazine rings is 1. The predicted molar refractivity (Wildman–Crippen MR) is 71.2 cm³/mol. The van der Waals surface area contributed by atoms with Crippen LogP contribution in [0.15, 0.2) is 24.3 Å². The van der Waals surface area contributed by atoms with E-state index in [4.69, 9.17) is 0 Å². The molecule has 0 radical (unpaired) electrons. The van der Waals surface area contributed by atoms with Crippen molar-refractivity contribution < 1.29 is 0 Å². The molecule has 0 bridgehead atoms. The van der Waals surface area contributed by atoms with E-state index in [1.54, 1.807) is 11.1 Å². The summed E-state index contributed by atoms with van der Waals surface area (Å²) in [5.74, 6) is 0.867. The van der Waals surface area contributed by atoms with Crippen LogP contribution in [0.3, 0.4) is 0 Å². The normalized spacial score (nSPS) is 26.1. The molecule has 1 N–H and O–H groups in total. The van der Waals surface area contributed by atoms with Crippen LogP contribution in [0.2, 0.25) is 0 Å². The van der Waals surface area contributed by atoms with Crippen molar-refractivity contribution in [2.45, 2.75) is 38.3 Å². The van der Waals surface area contributed by atoms with Gasteiger partial charge in [0, 0.05) is 32.2 Å². The summed E-state index contributed by atoms with van der Waals surface area (Å²) in [7, 11) is 0. The van der Waals surface area contributed by atoms with Crippen LogP contribution in [0.1, 0.15) is 36.8 Å². The third kappa shape index (κ3) is 2.70. The zero-order valence-corrected chi connectivity index (χ0v) is 10.7. The average Bonchev–Trinajstić information content (AvgIpc) is 3.14. The third-order valence-electron chi connectivity index (χ3n) is 3.92. The number of nitrogens with one attached hydrogen (secondary N) is 1. The van der Waals surface area contributed by atoms with Gasteiger partial charge >= 0.3 is 0 Å². The van der Waals surface area contributed by atoms with E-state index in [9.17, 15) is 0 Å². The standard InChI is InChI=1S/C15H22N2/c1-12-10-17(9-8-16-12)11-14-4-2-3-5-15(14)13-6-7-13/h2-5,12-13,16H,6-11H2,1H3. The molecule has 2 aliphatic rings. The van der Waals surface area contributed by atoms with Crippen molar-refractivity contribution in [3.8, 4) is 0 Å². The second kappa shape index (κ2) is 4.79. The van der Waals surface area contributed by atoms with Gasteiger partial charge in [-0.2, -0.15) is 0 Å². The molecule has 1 saturated heterocycles. The summed E-state index contributed by atoms with van der Waals surface area (Å²) >= 11 is 0. The maximum absolute atomic E-state index is 3.51. The van der Waals surface area contributed by atoms with Gasteiger partial charge in [0.25, 0.3) is 0 Å². The highest BCUT2D eigenvalue weighted by Gasteiger charge is 2.26.